The second-order valence-electron chi connectivity index (χ2n) is 6.20. The van der Waals surface area contributed by atoms with Gasteiger partial charge in [-0.2, -0.15) is 5.10 Å². The third-order valence-electron chi connectivity index (χ3n) is 4.40. The molecule has 28 heavy (non-hydrogen) atoms. The maximum absolute atomic E-state index is 12.9. The molecule has 0 saturated heterocycles. The average molecular weight is 393 g/mol. The van der Waals surface area contributed by atoms with Crippen LogP contribution in [0.1, 0.15) is 21.7 Å². The maximum Gasteiger partial charge on any atom is 0.257 e. The molecule has 1 N–H and O–H groups in total. The molecule has 0 spiro atoms. The molecule has 6 nitrogen and oxygen atoms in total. The number of para-hydroxylation sites is 1. The molecule has 2 heterocycles. The number of benzene rings is 2. The highest BCUT2D eigenvalue weighted by Crippen LogP contribution is 2.31. The topological polar surface area (TPSA) is 73.0 Å². The lowest BCUT2D eigenvalue weighted by Crippen LogP contribution is -2.24. The van der Waals surface area contributed by atoms with Gasteiger partial charge in [0, 0.05) is 24.5 Å². The number of nitrogens with zero attached hydrogens (tertiary/aromatic N) is 3. The van der Waals surface area contributed by atoms with Crippen molar-refractivity contribution >= 4 is 17.5 Å². The van der Waals surface area contributed by atoms with Gasteiger partial charge < -0.3 is 9.84 Å². The molecule has 2 aromatic carbocycles. The summed E-state index contributed by atoms with van der Waals surface area (Å²) in [4.78, 5) is 12.9. The van der Waals surface area contributed by atoms with Crippen LogP contribution in [-0.4, -0.2) is 20.8 Å². The molecule has 0 fully saturated rings. The number of aromatic nitrogens is 3. The van der Waals surface area contributed by atoms with Gasteiger partial charge in [0.1, 0.15) is 17.0 Å². The molecular weight excluding hydrogens is 376 g/mol. The number of halogens is 1. The molecule has 2 aromatic heterocycles. The zero-order chi connectivity index (χ0) is 19.5. The first-order valence-corrected chi connectivity index (χ1v) is 9.10. The van der Waals surface area contributed by atoms with E-state index < -0.39 is 0 Å². The SMILES string of the molecule is Cc1onc(-c2ccccc2Cl)c1C(=O)NCc1ccccc1-n1cccn1. The number of hydrogen-bond donors (Lipinski definition) is 1. The number of aryl methyl sites for hydroxylation is 1. The fourth-order valence-corrected chi connectivity index (χ4v) is 3.26. The molecule has 140 valence electrons. The standard InChI is InChI=1S/C21H17ClN4O2/c1-14-19(20(25-28-14)16-8-3-4-9-17(16)22)21(27)23-13-15-7-2-5-10-18(15)26-12-6-11-24-26/h2-12H,13H2,1H3,(H,23,27). The van der Waals surface area contributed by atoms with Crippen LogP contribution in [0.2, 0.25) is 5.02 Å². The van der Waals surface area contributed by atoms with Crippen molar-refractivity contribution in [3.8, 4) is 16.9 Å². The summed E-state index contributed by atoms with van der Waals surface area (Å²) in [6.07, 6.45) is 3.58. The summed E-state index contributed by atoms with van der Waals surface area (Å²) in [7, 11) is 0. The Morgan fingerprint density at radius 2 is 1.93 bits per heavy atom. The molecule has 4 aromatic rings. The molecule has 0 saturated carbocycles. The van der Waals surface area contributed by atoms with Crippen LogP contribution in [-0.2, 0) is 6.54 Å². The zero-order valence-electron chi connectivity index (χ0n) is 15.1. The summed E-state index contributed by atoms with van der Waals surface area (Å²) < 4.78 is 7.04. The first kappa shape index (κ1) is 18.0. The maximum atomic E-state index is 12.9. The van der Waals surface area contributed by atoms with E-state index in [2.05, 4.69) is 15.6 Å². The molecule has 0 radical (unpaired) electrons. The van der Waals surface area contributed by atoms with E-state index in [1.54, 1.807) is 23.9 Å². The summed E-state index contributed by atoms with van der Waals surface area (Å²) in [5.74, 6) is 0.164. The van der Waals surface area contributed by atoms with Gasteiger partial charge in [0.15, 0.2) is 0 Å². The van der Waals surface area contributed by atoms with Gasteiger partial charge in [-0.15, -0.1) is 0 Å². The van der Waals surface area contributed by atoms with Crippen molar-refractivity contribution in [3.05, 3.63) is 88.9 Å². The van der Waals surface area contributed by atoms with Crippen LogP contribution < -0.4 is 5.32 Å². The zero-order valence-corrected chi connectivity index (χ0v) is 15.8. The fourth-order valence-electron chi connectivity index (χ4n) is 3.04. The van der Waals surface area contributed by atoms with Crippen molar-refractivity contribution in [2.24, 2.45) is 0 Å². The lowest BCUT2D eigenvalue weighted by atomic mass is 10.1. The highest BCUT2D eigenvalue weighted by atomic mass is 35.5. The van der Waals surface area contributed by atoms with E-state index in [1.807, 2.05) is 54.7 Å². The molecule has 4 rings (SSSR count). The van der Waals surface area contributed by atoms with Gasteiger partial charge in [-0.3, -0.25) is 4.79 Å². The lowest BCUT2D eigenvalue weighted by molar-refractivity contribution is 0.0950. The smallest absolute Gasteiger partial charge is 0.257 e. The largest absolute Gasteiger partial charge is 0.360 e. The minimum atomic E-state index is -0.274. The monoisotopic (exact) mass is 392 g/mol. The molecule has 0 bridgehead atoms. The summed E-state index contributed by atoms with van der Waals surface area (Å²) in [6.45, 7) is 2.04. The van der Waals surface area contributed by atoms with Crippen molar-refractivity contribution < 1.29 is 9.32 Å². The molecule has 0 aliphatic heterocycles. The third-order valence-corrected chi connectivity index (χ3v) is 4.73. The van der Waals surface area contributed by atoms with E-state index in [1.165, 1.54) is 0 Å². The number of hydrogen-bond acceptors (Lipinski definition) is 4. The average Bonchev–Trinajstić information content (AvgIpc) is 3.37. The Morgan fingerprint density at radius 3 is 2.71 bits per heavy atom. The van der Waals surface area contributed by atoms with Gasteiger partial charge in [-0.1, -0.05) is 53.2 Å². The minimum absolute atomic E-state index is 0.274. The Labute approximate surface area is 166 Å². The Bertz CT molecular complexity index is 1120. The minimum Gasteiger partial charge on any atom is -0.360 e. The van der Waals surface area contributed by atoms with Gasteiger partial charge in [-0.05, 0) is 30.7 Å². The summed E-state index contributed by atoms with van der Waals surface area (Å²) in [6, 6.07) is 16.8. The molecule has 1 amide bonds. The first-order chi connectivity index (χ1) is 13.6. The van der Waals surface area contributed by atoms with Crippen molar-refractivity contribution in [1.29, 1.82) is 0 Å². The molecular formula is C21H17ClN4O2. The number of carbonyl (C=O) groups is 1. The highest BCUT2D eigenvalue weighted by molar-refractivity contribution is 6.33. The Morgan fingerprint density at radius 1 is 1.14 bits per heavy atom. The van der Waals surface area contributed by atoms with Crippen molar-refractivity contribution in [1.82, 2.24) is 20.3 Å². The summed E-state index contributed by atoms with van der Waals surface area (Å²) >= 11 is 6.27. The van der Waals surface area contributed by atoms with E-state index in [4.69, 9.17) is 16.1 Å². The van der Waals surface area contributed by atoms with Crippen LogP contribution in [0.4, 0.5) is 0 Å². The van der Waals surface area contributed by atoms with Gasteiger partial charge >= 0.3 is 0 Å². The van der Waals surface area contributed by atoms with Crippen LogP contribution in [0.5, 0.6) is 0 Å². The van der Waals surface area contributed by atoms with E-state index in [-0.39, 0.29) is 5.91 Å². The normalized spacial score (nSPS) is 10.8. The molecule has 0 aliphatic rings. The van der Waals surface area contributed by atoms with Gasteiger partial charge in [0.25, 0.3) is 5.91 Å². The lowest BCUT2D eigenvalue weighted by Gasteiger charge is -2.11. The Balaban J connectivity index is 1.60. The molecule has 7 heteroatoms. The van der Waals surface area contributed by atoms with Crippen LogP contribution >= 0.6 is 11.6 Å². The van der Waals surface area contributed by atoms with Crippen LogP contribution in [0.3, 0.4) is 0 Å². The number of rotatable bonds is 5. The van der Waals surface area contributed by atoms with Crippen LogP contribution in [0, 0.1) is 6.92 Å². The van der Waals surface area contributed by atoms with E-state index in [0.717, 1.165) is 11.3 Å². The molecule has 0 unspecified atom stereocenters. The fraction of sp³-hybridized carbons (Fsp3) is 0.0952. The van der Waals surface area contributed by atoms with Gasteiger partial charge in [0.05, 0.1) is 10.7 Å². The summed E-state index contributed by atoms with van der Waals surface area (Å²) in [5, 5.41) is 11.8. The van der Waals surface area contributed by atoms with Gasteiger partial charge in [0.2, 0.25) is 0 Å². The van der Waals surface area contributed by atoms with E-state index >= 15 is 0 Å². The van der Waals surface area contributed by atoms with Crippen molar-refractivity contribution in [2.75, 3.05) is 0 Å². The van der Waals surface area contributed by atoms with Crippen LogP contribution in [0.15, 0.2) is 71.5 Å². The van der Waals surface area contributed by atoms with Crippen molar-refractivity contribution in [2.45, 2.75) is 13.5 Å². The molecule has 0 aliphatic carbocycles. The van der Waals surface area contributed by atoms with Crippen molar-refractivity contribution in [3.63, 3.8) is 0 Å². The first-order valence-electron chi connectivity index (χ1n) is 8.72. The predicted octanol–water partition coefficient (Wildman–Crippen LogP) is 4.42. The summed E-state index contributed by atoms with van der Waals surface area (Å²) in [5.41, 5.74) is 3.31. The van der Waals surface area contributed by atoms with Gasteiger partial charge in [-0.25, -0.2) is 4.68 Å². The Kier molecular flexibility index (Phi) is 4.95. The number of amides is 1. The van der Waals surface area contributed by atoms with E-state index in [0.29, 0.717) is 34.1 Å². The second-order valence-corrected chi connectivity index (χ2v) is 6.61. The predicted molar refractivity (Wildman–Crippen MR) is 106 cm³/mol. The number of nitrogens with one attached hydrogen (secondary N) is 1. The highest BCUT2D eigenvalue weighted by Gasteiger charge is 2.23. The van der Waals surface area contributed by atoms with E-state index in [9.17, 15) is 4.79 Å². The second kappa shape index (κ2) is 7.70. The molecule has 0 atom stereocenters. The van der Waals surface area contributed by atoms with Crippen LogP contribution in [0.25, 0.3) is 16.9 Å². The number of carbonyl (C=O) groups excluding carboxylic acids is 1. The quantitative estimate of drug-likeness (QED) is 0.545. The third kappa shape index (κ3) is 3.42. The Hall–Kier alpha value is -3.38.